The molecule has 0 spiro atoms. The van der Waals surface area contributed by atoms with E-state index in [0.29, 0.717) is 0 Å². The molecule has 1 aromatic heterocycles. The van der Waals surface area contributed by atoms with Crippen LogP contribution in [0.1, 0.15) is 17.4 Å². The van der Waals surface area contributed by atoms with Crippen molar-refractivity contribution in [3.05, 3.63) is 53.2 Å². The van der Waals surface area contributed by atoms with Gasteiger partial charge in [0.05, 0.1) is 16.5 Å². The summed E-state index contributed by atoms with van der Waals surface area (Å²) in [6, 6.07) is 10.00. The molecule has 0 radical (unpaired) electrons. The predicted octanol–water partition coefficient (Wildman–Crippen LogP) is 3.76. The first-order valence-corrected chi connectivity index (χ1v) is 12.0. The van der Waals surface area contributed by atoms with Gasteiger partial charge in [0, 0.05) is 21.6 Å². The molecule has 0 unspecified atom stereocenters. The highest BCUT2D eigenvalue weighted by Crippen LogP contribution is 2.40. The third-order valence-electron chi connectivity index (χ3n) is 3.87. The van der Waals surface area contributed by atoms with Crippen molar-refractivity contribution in [2.24, 2.45) is 0 Å². The molecule has 0 saturated carbocycles. The fourth-order valence-corrected chi connectivity index (χ4v) is 6.15. The first kappa shape index (κ1) is 20.7. The van der Waals surface area contributed by atoms with Crippen molar-refractivity contribution in [2.45, 2.75) is 21.6 Å². The van der Waals surface area contributed by atoms with Crippen LogP contribution in [0.15, 0.2) is 57.2 Å². The van der Waals surface area contributed by atoms with E-state index in [1.165, 1.54) is 43.3 Å². The highest BCUT2D eigenvalue weighted by molar-refractivity contribution is 8.14. The van der Waals surface area contributed by atoms with Gasteiger partial charge in [0.2, 0.25) is 9.84 Å². The lowest BCUT2D eigenvalue weighted by molar-refractivity contribution is 0.0516. The molecule has 0 amide bonds. The number of esters is 1. The largest absolute Gasteiger partial charge is 0.461 e. The zero-order valence-corrected chi connectivity index (χ0v) is 17.4. The number of aromatic amines is 1. The molecule has 1 N–H and O–H groups in total. The molecule has 0 bridgehead atoms. The fraction of sp³-hybridized carbons (Fsp3) is 0.118. The highest BCUT2D eigenvalue weighted by Gasteiger charge is 2.34. The molecule has 1 heterocycles. The van der Waals surface area contributed by atoms with Crippen LogP contribution in [0.25, 0.3) is 10.9 Å². The lowest BCUT2D eigenvalue weighted by Gasteiger charge is -2.09. The van der Waals surface area contributed by atoms with Crippen LogP contribution in [0.2, 0.25) is 5.02 Å². The van der Waals surface area contributed by atoms with E-state index in [9.17, 15) is 21.6 Å². The van der Waals surface area contributed by atoms with Gasteiger partial charge in [-0.2, -0.15) is 0 Å². The van der Waals surface area contributed by atoms with Crippen molar-refractivity contribution in [3.63, 3.8) is 0 Å². The Balaban J connectivity index is 2.49. The summed E-state index contributed by atoms with van der Waals surface area (Å²) in [5.41, 5.74) is -0.417. The monoisotopic (exact) mass is 461 g/mol. The number of H-pyrrole nitrogens is 1. The number of rotatable bonds is 5. The van der Waals surface area contributed by atoms with Gasteiger partial charge in [0.25, 0.3) is 9.05 Å². The molecule has 0 aliphatic carbocycles. The lowest BCUT2D eigenvalue weighted by atomic mass is 10.2. The Morgan fingerprint density at radius 3 is 2.25 bits per heavy atom. The number of carbonyl (C=O) groups is 1. The van der Waals surface area contributed by atoms with E-state index < -0.39 is 40.3 Å². The van der Waals surface area contributed by atoms with Gasteiger partial charge in [0.1, 0.15) is 15.5 Å². The number of hydrogen-bond donors (Lipinski definition) is 1. The van der Waals surface area contributed by atoms with Crippen LogP contribution in [-0.2, 0) is 23.6 Å². The minimum atomic E-state index is -4.54. The van der Waals surface area contributed by atoms with Crippen LogP contribution < -0.4 is 0 Å². The van der Waals surface area contributed by atoms with Crippen LogP contribution in [0.3, 0.4) is 0 Å². The maximum Gasteiger partial charge on any atom is 0.356 e. The van der Waals surface area contributed by atoms with E-state index in [1.807, 2.05) is 0 Å². The summed E-state index contributed by atoms with van der Waals surface area (Å²) in [5.74, 6) is -0.989. The van der Waals surface area contributed by atoms with Crippen LogP contribution in [0.4, 0.5) is 0 Å². The number of carbonyl (C=O) groups excluding carboxylic acids is 1. The van der Waals surface area contributed by atoms with E-state index in [-0.39, 0.29) is 27.4 Å². The van der Waals surface area contributed by atoms with Crippen molar-refractivity contribution in [1.29, 1.82) is 0 Å². The maximum atomic E-state index is 13.2. The van der Waals surface area contributed by atoms with Crippen LogP contribution in [0, 0.1) is 0 Å². The zero-order valence-electron chi connectivity index (χ0n) is 14.3. The van der Waals surface area contributed by atoms with E-state index >= 15 is 0 Å². The summed E-state index contributed by atoms with van der Waals surface area (Å²) in [6.07, 6.45) is 0. The van der Waals surface area contributed by atoms with Gasteiger partial charge in [0.15, 0.2) is 0 Å². The smallest absolute Gasteiger partial charge is 0.356 e. The second-order valence-corrected chi connectivity index (χ2v) is 10.4. The molecule has 148 valence electrons. The number of aromatic nitrogens is 1. The molecule has 3 rings (SSSR count). The van der Waals surface area contributed by atoms with Crippen LogP contribution in [0.5, 0.6) is 0 Å². The topological polar surface area (TPSA) is 110 Å². The molecule has 2 aromatic carbocycles. The third kappa shape index (κ3) is 3.50. The summed E-state index contributed by atoms with van der Waals surface area (Å²) < 4.78 is 55.8. The minimum absolute atomic E-state index is 0.0219. The van der Waals surface area contributed by atoms with E-state index in [1.54, 1.807) is 6.07 Å². The normalized spacial score (nSPS) is 12.2. The quantitative estimate of drug-likeness (QED) is 0.457. The van der Waals surface area contributed by atoms with Crippen LogP contribution in [-0.4, -0.2) is 34.4 Å². The van der Waals surface area contributed by atoms with Gasteiger partial charge in [-0.3, -0.25) is 0 Å². The summed E-state index contributed by atoms with van der Waals surface area (Å²) in [7, 11) is -3.22. The van der Waals surface area contributed by atoms with E-state index in [4.69, 9.17) is 27.0 Å². The molecule has 3 aromatic rings. The zero-order chi connectivity index (χ0) is 20.7. The lowest BCUT2D eigenvalue weighted by Crippen LogP contribution is -2.10. The number of ether oxygens (including phenoxy) is 1. The second kappa shape index (κ2) is 7.40. The number of benzene rings is 2. The maximum absolute atomic E-state index is 13.2. The minimum Gasteiger partial charge on any atom is -0.461 e. The predicted molar refractivity (Wildman–Crippen MR) is 104 cm³/mol. The Bertz CT molecular complexity index is 1280. The Morgan fingerprint density at radius 1 is 1.04 bits per heavy atom. The molecule has 0 saturated heterocycles. The molecule has 11 heteroatoms. The summed E-state index contributed by atoms with van der Waals surface area (Å²) in [6.45, 7) is 1.52. The molecule has 0 aliphatic heterocycles. The van der Waals surface area contributed by atoms with Gasteiger partial charge < -0.3 is 9.72 Å². The molecule has 0 fully saturated rings. The SMILES string of the molecule is CCOC(=O)c1[nH]c2ccc(Cl)c(S(=O)(=O)c3ccccc3)c2c1S(=O)(=O)Cl. The molecular formula is C17H13Cl2NO6S2. The Morgan fingerprint density at radius 2 is 1.68 bits per heavy atom. The summed E-state index contributed by atoms with van der Waals surface area (Å²) in [4.78, 5) is 13.6. The fourth-order valence-electron chi connectivity index (χ4n) is 2.77. The van der Waals surface area contributed by atoms with Crippen molar-refractivity contribution in [3.8, 4) is 0 Å². The van der Waals surface area contributed by atoms with Gasteiger partial charge in [-0.15, -0.1) is 0 Å². The molecule has 7 nitrogen and oxygen atoms in total. The average Bonchev–Trinajstić information content (AvgIpc) is 3.02. The van der Waals surface area contributed by atoms with Crippen molar-refractivity contribution < 1.29 is 26.4 Å². The highest BCUT2D eigenvalue weighted by atomic mass is 35.7. The van der Waals surface area contributed by atoms with Gasteiger partial charge >= 0.3 is 5.97 Å². The number of hydrogen-bond acceptors (Lipinski definition) is 6. The van der Waals surface area contributed by atoms with Crippen molar-refractivity contribution in [2.75, 3.05) is 6.61 Å². The Labute approximate surface area is 170 Å². The van der Waals surface area contributed by atoms with Gasteiger partial charge in [-0.05, 0) is 31.2 Å². The number of halogens is 2. The first-order chi connectivity index (χ1) is 13.1. The molecule has 0 aliphatic rings. The Hall–Kier alpha value is -2.07. The third-order valence-corrected chi connectivity index (χ3v) is 7.51. The average molecular weight is 462 g/mol. The molecule has 28 heavy (non-hydrogen) atoms. The molecule has 0 atom stereocenters. The standard InChI is InChI=1S/C17H13Cl2NO6S2/c1-2-26-17(21)14-16(28(19,24)25)13-12(20-14)9-8-11(18)15(13)27(22,23)10-6-4-3-5-7-10/h3-9,20H,2H2,1H3. The van der Waals surface area contributed by atoms with Crippen LogP contribution >= 0.6 is 22.3 Å². The van der Waals surface area contributed by atoms with E-state index in [2.05, 4.69) is 4.98 Å². The van der Waals surface area contributed by atoms with Gasteiger partial charge in [-0.1, -0.05) is 29.8 Å². The number of sulfone groups is 1. The Kier molecular flexibility index (Phi) is 5.46. The second-order valence-electron chi connectivity index (χ2n) is 5.60. The molecular weight excluding hydrogens is 449 g/mol. The van der Waals surface area contributed by atoms with Crippen molar-refractivity contribution in [1.82, 2.24) is 4.98 Å². The van der Waals surface area contributed by atoms with E-state index in [0.717, 1.165) is 0 Å². The number of nitrogens with one attached hydrogen (secondary N) is 1. The number of fused-ring (bicyclic) bond motifs is 1. The van der Waals surface area contributed by atoms with Crippen molar-refractivity contribution >= 4 is 58.0 Å². The summed E-state index contributed by atoms with van der Waals surface area (Å²) >= 11 is 6.16. The first-order valence-electron chi connectivity index (χ1n) is 7.85. The summed E-state index contributed by atoms with van der Waals surface area (Å²) in [5, 5.41) is -0.512. The van der Waals surface area contributed by atoms with Gasteiger partial charge in [-0.25, -0.2) is 21.6 Å².